The minimum Gasteiger partial charge on any atom is -0.369 e. The van der Waals surface area contributed by atoms with Crippen LogP contribution in [-0.4, -0.2) is 37.6 Å². The lowest BCUT2D eigenvalue weighted by molar-refractivity contribution is -0.384. The lowest BCUT2D eigenvalue weighted by atomic mass is 10.2. The van der Waals surface area contributed by atoms with Crippen molar-refractivity contribution in [3.05, 3.63) is 58.6 Å². The monoisotopic (exact) mass is 394 g/mol. The Morgan fingerprint density at radius 1 is 1.07 bits per heavy atom. The molecule has 0 aromatic heterocycles. The summed E-state index contributed by atoms with van der Waals surface area (Å²) in [7, 11) is -4.45. The minimum absolute atomic E-state index is 0.0177. The van der Waals surface area contributed by atoms with Crippen LogP contribution in [0.15, 0.2) is 58.8 Å². The summed E-state index contributed by atoms with van der Waals surface area (Å²) in [6.45, 7) is 2.61. The van der Waals surface area contributed by atoms with E-state index in [1.54, 1.807) is 24.3 Å². The molecule has 0 spiro atoms. The average Bonchev–Trinajstić information content (AvgIpc) is 2.63. The lowest BCUT2D eigenvalue weighted by Crippen LogP contribution is -2.27. The second kappa shape index (κ2) is 9.16. The number of azo groups is 1. The van der Waals surface area contributed by atoms with Crippen molar-refractivity contribution in [2.45, 2.75) is 6.92 Å². The molecule has 2 rings (SSSR count). The molecule has 0 aliphatic rings. The fourth-order valence-corrected chi connectivity index (χ4v) is 2.49. The van der Waals surface area contributed by atoms with Crippen molar-refractivity contribution in [2.24, 2.45) is 10.2 Å². The van der Waals surface area contributed by atoms with Gasteiger partial charge in [-0.1, -0.05) is 0 Å². The summed E-state index contributed by atoms with van der Waals surface area (Å²) >= 11 is 0. The van der Waals surface area contributed by atoms with Crippen LogP contribution >= 0.6 is 0 Å². The Balaban J connectivity index is 1.99. The second-order valence-corrected chi connectivity index (χ2v) is 6.41. The maximum atomic E-state index is 10.6. The van der Waals surface area contributed by atoms with E-state index in [0.29, 0.717) is 17.9 Å². The molecule has 10 nitrogen and oxygen atoms in total. The van der Waals surface area contributed by atoms with Gasteiger partial charge < -0.3 is 4.90 Å². The first-order valence-corrected chi connectivity index (χ1v) is 9.28. The normalized spacial score (nSPS) is 11.6. The van der Waals surface area contributed by atoms with Crippen LogP contribution in [0.4, 0.5) is 22.7 Å². The number of nitro benzene ring substituents is 1. The molecule has 0 aliphatic heterocycles. The van der Waals surface area contributed by atoms with Crippen LogP contribution in [0.1, 0.15) is 6.92 Å². The fourth-order valence-electron chi connectivity index (χ4n) is 2.21. The minimum atomic E-state index is -4.45. The zero-order valence-corrected chi connectivity index (χ0v) is 15.2. The Labute approximate surface area is 156 Å². The Morgan fingerprint density at radius 2 is 1.59 bits per heavy atom. The first kappa shape index (κ1) is 20.4. The van der Waals surface area contributed by atoms with Gasteiger partial charge in [-0.05, 0) is 43.3 Å². The molecular weight excluding hydrogens is 376 g/mol. The molecule has 0 aliphatic carbocycles. The molecule has 0 amide bonds. The van der Waals surface area contributed by atoms with E-state index in [1.165, 1.54) is 24.3 Å². The van der Waals surface area contributed by atoms with Gasteiger partial charge in [0.1, 0.15) is 0 Å². The van der Waals surface area contributed by atoms with Crippen LogP contribution in [0.3, 0.4) is 0 Å². The largest absolute Gasteiger partial charge is 0.397 e. The number of hydrogen-bond donors (Lipinski definition) is 1. The first-order valence-electron chi connectivity index (χ1n) is 7.91. The molecule has 0 bridgehead atoms. The Hall–Kier alpha value is -2.89. The van der Waals surface area contributed by atoms with Crippen molar-refractivity contribution in [2.75, 3.05) is 24.6 Å². The molecule has 144 valence electrons. The molecule has 0 fully saturated rings. The summed E-state index contributed by atoms with van der Waals surface area (Å²) < 4.78 is 34.1. The first-order chi connectivity index (χ1) is 12.8. The molecule has 2 aromatic rings. The summed E-state index contributed by atoms with van der Waals surface area (Å²) in [5, 5.41) is 18.7. The van der Waals surface area contributed by atoms with E-state index in [9.17, 15) is 18.5 Å². The fraction of sp³-hybridized carbons (Fsp3) is 0.250. The molecule has 0 heterocycles. The average molecular weight is 394 g/mol. The summed E-state index contributed by atoms with van der Waals surface area (Å²) in [6.07, 6.45) is 0. The molecule has 27 heavy (non-hydrogen) atoms. The van der Waals surface area contributed by atoms with Gasteiger partial charge in [0.25, 0.3) is 5.69 Å². The zero-order chi connectivity index (χ0) is 19.9. The summed E-state index contributed by atoms with van der Waals surface area (Å²) in [6, 6.07) is 12.8. The summed E-state index contributed by atoms with van der Waals surface area (Å²) in [4.78, 5) is 12.0. The number of nitro groups is 1. The van der Waals surface area contributed by atoms with Gasteiger partial charge in [0.2, 0.25) is 0 Å². The molecule has 2 aromatic carbocycles. The van der Waals surface area contributed by atoms with Crippen molar-refractivity contribution in [1.29, 1.82) is 0 Å². The van der Waals surface area contributed by atoms with Gasteiger partial charge in [-0.2, -0.15) is 18.6 Å². The van der Waals surface area contributed by atoms with Crippen molar-refractivity contribution < 1.29 is 22.1 Å². The van der Waals surface area contributed by atoms with Gasteiger partial charge in [-0.3, -0.25) is 14.7 Å². The highest BCUT2D eigenvalue weighted by Crippen LogP contribution is 2.23. The van der Waals surface area contributed by atoms with Crippen LogP contribution in [-0.2, 0) is 14.6 Å². The molecule has 11 heteroatoms. The quantitative estimate of drug-likeness (QED) is 0.297. The van der Waals surface area contributed by atoms with Gasteiger partial charge in [-0.15, -0.1) is 0 Å². The Bertz CT molecular complexity index is 898. The van der Waals surface area contributed by atoms with Crippen LogP contribution < -0.4 is 4.90 Å². The standard InChI is InChI=1S/C16H18N4O6S/c1-2-19(11-12-26-27(23,24)25)15-7-3-13(4-8-15)17-18-14-5-9-16(10-6-14)20(21)22/h3-10H,2,11-12H2,1H3,(H,23,24,25). The number of hydrogen-bond acceptors (Lipinski definition) is 8. The van der Waals surface area contributed by atoms with Gasteiger partial charge in [-0.25, -0.2) is 4.18 Å². The van der Waals surface area contributed by atoms with E-state index >= 15 is 0 Å². The summed E-state index contributed by atoms with van der Waals surface area (Å²) in [5.41, 5.74) is 1.88. The van der Waals surface area contributed by atoms with Crippen molar-refractivity contribution >= 4 is 33.1 Å². The van der Waals surface area contributed by atoms with E-state index in [0.717, 1.165) is 5.69 Å². The highest BCUT2D eigenvalue weighted by Gasteiger charge is 2.08. The van der Waals surface area contributed by atoms with E-state index in [-0.39, 0.29) is 18.8 Å². The van der Waals surface area contributed by atoms with Gasteiger partial charge >= 0.3 is 10.4 Å². The molecule has 0 unspecified atom stereocenters. The molecular formula is C16H18N4O6S. The number of likely N-dealkylation sites (N-methyl/N-ethyl adjacent to an activating group) is 1. The van der Waals surface area contributed by atoms with Crippen LogP contribution in [0.2, 0.25) is 0 Å². The molecule has 1 N–H and O–H groups in total. The van der Waals surface area contributed by atoms with Gasteiger partial charge in [0.05, 0.1) is 22.9 Å². The number of benzene rings is 2. The topological polar surface area (TPSA) is 135 Å². The highest BCUT2D eigenvalue weighted by molar-refractivity contribution is 7.80. The van der Waals surface area contributed by atoms with E-state index in [2.05, 4.69) is 14.4 Å². The summed E-state index contributed by atoms with van der Waals surface area (Å²) in [5.74, 6) is 0. The SMILES string of the molecule is CCN(CCOS(=O)(=O)O)c1ccc(N=Nc2ccc([N+](=O)[O-])cc2)cc1. The molecule has 0 saturated carbocycles. The van der Waals surface area contributed by atoms with Gasteiger partial charge in [0.15, 0.2) is 0 Å². The van der Waals surface area contributed by atoms with E-state index in [1.807, 2.05) is 11.8 Å². The molecule has 0 saturated heterocycles. The molecule has 0 radical (unpaired) electrons. The third kappa shape index (κ3) is 6.73. The predicted octanol–water partition coefficient (Wildman–Crippen LogP) is 3.66. The van der Waals surface area contributed by atoms with Gasteiger partial charge in [0, 0.05) is 30.9 Å². The zero-order valence-electron chi connectivity index (χ0n) is 14.4. The third-order valence-corrected chi connectivity index (χ3v) is 4.00. The van der Waals surface area contributed by atoms with Crippen LogP contribution in [0, 0.1) is 10.1 Å². The van der Waals surface area contributed by atoms with Crippen LogP contribution in [0.25, 0.3) is 0 Å². The number of nitrogens with zero attached hydrogens (tertiary/aromatic N) is 4. The second-order valence-electron chi connectivity index (χ2n) is 5.32. The highest BCUT2D eigenvalue weighted by atomic mass is 32.3. The number of non-ortho nitro benzene ring substituents is 1. The van der Waals surface area contributed by atoms with E-state index < -0.39 is 15.3 Å². The molecule has 0 atom stereocenters. The Morgan fingerprint density at radius 3 is 2.04 bits per heavy atom. The van der Waals surface area contributed by atoms with Crippen molar-refractivity contribution in [1.82, 2.24) is 0 Å². The number of rotatable bonds is 9. The third-order valence-electron chi connectivity index (χ3n) is 3.53. The maximum Gasteiger partial charge on any atom is 0.397 e. The maximum absolute atomic E-state index is 10.6. The van der Waals surface area contributed by atoms with E-state index in [4.69, 9.17) is 4.55 Å². The number of anilines is 1. The van der Waals surface area contributed by atoms with Crippen molar-refractivity contribution in [3.63, 3.8) is 0 Å². The predicted molar refractivity (Wildman–Crippen MR) is 99.1 cm³/mol. The van der Waals surface area contributed by atoms with Crippen molar-refractivity contribution in [3.8, 4) is 0 Å². The Kier molecular flexibility index (Phi) is 6.93. The smallest absolute Gasteiger partial charge is 0.369 e. The van der Waals surface area contributed by atoms with Crippen LogP contribution in [0.5, 0.6) is 0 Å². The lowest BCUT2D eigenvalue weighted by Gasteiger charge is -2.22.